The second-order valence-electron chi connectivity index (χ2n) is 7.25. The third kappa shape index (κ3) is 4.61. The van der Waals surface area contributed by atoms with Crippen molar-refractivity contribution in [3.63, 3.8) is 0 Å². The van der Waals surface area contributed by atoms with Gasteiger partial charge in [0.2, 0.25) is 0 Å². The van der Waals surface area contributed by atoms with Crippen LogP contribution >= 0.6 is 24.0 Å². The van der Waals surface area contributed by atoms with E-state index in [4.69, 9.17) is 0 Å². The second-order valence-corrected chi connectivity index (χ2v) is 7.25. The number of aromatic nitrogens is 3. The van der Waals surface area contributed by atoms with Gasteiger partial charge in [-0.2, -0.15) is 0 Å². The predicted molar refractivity (Wildman–Crippen MR) is 108 cm³/mol. The summed E-state index contributed by atoms with van der Waals surface area (Å²) in [6.45, 7) is 8.58. The molecule has 2 atom stereocenters. The minimum Gasteiger partial charge on any atom is -0.349 e. The Labute approximate surface area is 162 Å². The first-order valence-corrected chi connectivity index (χ1v) is 9.04. The number of piperidine rings is 1. The molecule has 1 saturated heterocycles. The van der Waals surface area contributed by atoms with Crippen LogP contribution in [0.25, 0.3) is 0 Å². The van der Waals surface area contributed by atoms with Crippen LogP contribution in [0.15, 0.2) is 4.99 Å². The van der Waals surface area contributed by atoms with E-state index in [0.29, 0.717) is 6.54 Å². The second kappa shape index (κ2) is 9.01. The van der Waals surface area contributed by atoms with Gasteiger partial charge < -0.3 is 14.8 Å². The fourth-order valence-corrected chi connectivity index (χ4v) is 4.00. The molecule has 1 aromatic rings. The van der Waals surface area contributed by atoms with Crippen LogP contribution in [0.1, 0.15) is 51.2 Å². The summed E-state index contributed by atoms with van der Waals surface area (Å²) in [5.41, 5.74) is 0. The van der Waals surface area contributed by atoms with Gasteiger partial charge in [0.05, 0.1) is 6.54 Å². The molecule has 0 bridgehead atoms. The van der Waals surface area contributed by atoms with Crippen LogP contribution in [0.2, 0.25) is 0 Å². The lowest BCUT2D eigenvalue weighted by Crippen LogP contribution is -2.48. The van der Waals surface area contributed by atoms with Crippen LogP contribution in [0, 0.1) is 11.8 Å². The predicted octanol–water partition coefficient (Wildman–Crippen LogP) is 2.68. The van der Waals surface area contributed by atoms with Gasteiger partial charge in [-0.15, -0.1) is 34.2 Å². The Morgan fingerprint density at radius 1 is 1.17 bits per heavy atom. The monoisotopic (exact) mass is 446 g/mol. The molecule has 0 amide bonds. The van der Waals surface area contributed by atoms with E-state index < -0.39 is 0 Å². The zero-order chi connectivity index (χ0) is 16.2. The van der Waals surface area contributed by atoms with Gasteiger partial charge in [-0.1, -0.05) is 20.3 Å². The van der Waals surface area contributed by atoms with Gasteiger partial charge >= 0.3 is 0 Å². The van der Waals surface area contributed by atoms with E-state index in [1.807, 2.05) is 7.05 Å². The lowest BCUT2D eigenvalue weighted by molar-refractivity contribution is 0.208. The van der Waals surface area contributed by atoms with Crippen molar-refractivity contribution in [1.82, 2.24) is 25.0 Å². The molecule has 2 unspecified atom stereocenters. The largest absolute Gasteiger partial charge is 0.349 e. The Hall–Kier alpha value is -0.860. The maximum atomic E-state index is 4.48. The van der Waals surface area contributed by atoms with E-state index in [0.717, 1.165) is 55.5 Å². The molecule has 0 aromatic carbocycles. The fourth-order valence-electron chi connectivity index (χ4n) is 4.00. The number of halogens is 1. The molecule has 24 heavy (non-hydrogen) atoms. The highest BCUT2D eigenvalue weighted by molar-refractivity contribution is 14.0. The number of aryl methyl sites for hydroxylation is 1. The van der Waals surface area contributed by atoms with Crippen molar-refractivity contribution >= 4 is 29.9 Å². The molecule has 3 heterocycles. The SMILES string of the molecule is CN=C(NCc1nnc2n1CCCCC2)N1CC(C)CC(C)C1.I. The first-order valence-electron chi connectivity index (χ1n) is 9.04. The summed E-state index contributed by atoms with van der Waals surface area (Å²) in [5.74, 6) is 4.63. The van der Waals surface area contributed by atoms with Gasteiger partial charge in [-0.05, 0) is 31.1 Å². The minimum atomic E-state index is 0. The van der Waals surface area contributed by atoms with Crippen molar-refractivity contribution < 1.29 is 0 Å². The molecule has 6 nitrogen and oxygen atoms in total. The van der Waals surface area contributed by atoms with Crippen LogP contribution in [-0.4, -0.2) is 45.8 Å². The number of nitrogens with zero attached hydrogens (tertiary/aromatic N) is 5. The Bertz CT molecular complexity index is 545. The van der Waals surface area contributed by atoms with Crippen LogP contribution < -0.4 is 5.32 Å². The molecule has 0 radical (unpaired) electrons. The van der Waals surface area contributed by atoms with Crippen LogP contribution in [-0.2, 0) is 19.5 Å². The Morgan fingerprint density at radius 3 is 2.62 bits per heavy atom. The van der Waals surface area contributed by atoms with Gasteiger partial charge in [0.1, 0.15) is 5.82 Å². The molecular weight excluding hydrogens is 415 g/mol. The number of guanidine groups is 1. The van der Waals surface area contributed by atoms with Crippen molar-refractivity contribution in [2.45, 2.75) is 59.0 Å². The molecule has 1 N–H and O–H groups in total. The van der Waals surface area contributed by atoms with Gasteiger partial charge in [0.25, 0.3) is 0 Å². The van der Waals surface area contributed by atoms with Crippen molar-refractivity contribution in [1.29, 1.82) is 0 Å². The molecule has 2 aliphatic heterocycles. The van der Waals surface area contributed by atoms with E-state index in [9.17, 15) is 0 Å². The standard InChI is InChI=1S/C17H30N6.HI/c1-13-9-14(2)12-22(11-13)17(18-3)19-10-16-21-20-15-7-5-4-6-8-23(15)16;/h13-14H,4-12H2,1-3H3,(H,18,19);1H. The zero-order valence-electron chi connectivity index (χ0n) is 15.2. The van der Waals surface area contributed by atoms with Crippen molar-refractivity contribution in [3.05, 3.63) is 11.6 Å². The lowest BCUT2D eigenvalue weighted by atomic mass is 9.92. The van der Waals surface area contributed by atoms with E-state index in [1.165, 1.54) is 25.7 Å². The number of nitrogens with one attached hydrogen (secondary N) is 1. The van der Waals surface area contributed by atoms with Gasteiger partial charge in [-0.3, -0.25) is 4.99 Å². The maximum Gasteiger partial charge on any atom is 0.194 e. The summed E-state index contributed by atoms with van der Waals surface area (Å²) < 4.78 is 2.30. The molecule has 7 heteroatoms. The molecule has 2 aliphatic rings. The van der Waals surface area contributed by atoms with Crippen molar-refractivity contribution in [2.24, 2.45) is 16.8 Å². The Kier molecular flexibility index (Phi) is 7.31. The minimum absolute atomic E-state index is 0. The molecular formula is C17H31IN6. The average Bonchev–Trinajstić information content (AvgIpc) is 2.75. The summed E-state index contributed by atoms with van der Waals surface area (Å²) in [4.78, 5) is 6.87. The van der Waals surface area contributed by atoms with Crippen molar-refractivity contribution in [3.8, 4) is 0 Å². The lowest BCUT2D eigenvalue weighted by Gasteiger charge is -2.37. The number of likely N-dealkylation sites (tertiary alicyclic amines) is 1. The molecule has 136 valence electrons. The summed E-state index contributed by atoms with van der Waals surface area (Å²) >= 11 is 0. The van der Waals surface area contributed by atoms with Gasteiger partial charge in [0, 0.05) is 33.1 Å². The quantitative estimate of drug-likeness (QED) is 0.431. The maximum absolute atomic E-state index is 4.48. The first kappa shape index (κ1) is 19.5. The first-order chi connectivity index (χ1) is 11.2. The number of hydrogen-bond donors (Lipinski definition) is 1. The molecule has 1 aromatic heterocycles. The summed E-state index contributed by atoms with van der Waals surface area (Å²) in [7, 11) is 1.87. The Morgan fingerprint density at radius 2 is 1.92 bits per heavy atom. The van der Waals surface area contributed by atoms with Crippen molar-refractivity contribution in [2.75, 3.05) is 20.1 Å². The number of hydrogen-bond acceptors (Lipinski definition) is 3. The van der Waals surface area contributed by atoms with E-state index in [-0.39, 0.29) is 24.0 Å². The molecule has 3 rings (SSSR count). The van der Waals surface area contributed by atoms with Crippen LogP contribution in [0.4, 0.5) is 0 Å². The molecule has 0 saturated carbocycles. The van der Waals surface area contributed by atoms with E-state index >= 15 is 0 Å². The highest BCUT2D eigenvalue weighted by atomic mass is 127. The van der Waals surface area contributed by atoms with Crippen LogP contribution in [0.3, 0.4) is 0 Å². The summed E-state index contributed by atoms with van der Waals surface area (Å²) in [6, 6.07) is 0. The molecule has 0 spiro atoms. The number of rotatable bonds is 2. The van der Waals surface area contributed by atoms with E-state index in [1.54, 1.807) is 0 Å². The summed E-state index contributed by atoms with van der Waals surface area (Å²) in [5, 5.41) is 12.3. The third-order valence-corrected chi connectivity index (χ3v) is 4.97. The van der Waals surface area contributed by atoms with Gasteiger partial charge in [-0.25, -0.2) is 0 Å². The highest BCUT2D eigenvalue weighted by Crippen LogP contribution is 2.21. The number of fused-ring (bicyclic) bond motifs is 1. The van der Waals surface area contributed by atoms with Crippen LogP contribution in [0.5, 0.6) is 0 Å². The normalized spacial score (nSPS) is 24.8. The molecule has 0 aliphatic carbocycles. The smallest absolute Gasteiger partial charge is 0.194 e. The molecule has 1 fully saturated rings. The Balaban J connectivity index is 0.00000208. The number of aliphatic imine (C=N–C) groups is 1. The average molecular weight is 446 g/mol. The van der Waals surface area contributed by atoms with Gasteiger partial charge in [0.15, 0.2) is 11.8 Å². The topological polar surface area (TPSA) is 58.3 Å². The summed E-state index contributed by atoms with van der Waals surface area (Å²) in [6.07, 6.45) is 6.13. The highest BCUT2D eigenvalue weighted by Gasteiger charge is 2.24. The third-order valence-electron chi connectivity index (χ3n) is 4.97. The zero-order valence-corrected chi connectivity index (χ0v) is 17.5. The fraction of sp³-hybridized carbons (Fsp3) is 0.824. The van der Waals surface area contributed by atoms with E-state index in [2.05, 4.69) is 43.8 Å².